The van der Waals surface area contributed by atoms with Gasteiger partial charge >= 0.3 is 0 Å². The van der Waals surface area contributed by atoms with Crippen molar-refractivity contribution in [2.75, 3.05) is 28.4 Å². The Labute approximate surface area is 195 Å². The highest BCUT2D eigenvalue weighted by atomic mass is 79.9. The van der Waals surface area contributed by atoms with Crippen molar-refractivity contribution < 1.29 is 13.2 Å². The van der Waals surface area contributed by atoms with E-state index in [-0.39, 0.29) is 11.7 Å². The molecule has 0 spiro atoms. The molecule has 0 atom stereocenters. The average molecular weight is 518 g/mol. The number of rotatable bonds is 7. The SMILES string of the molecule is CS(=O)(=O)CCCn1c(CN2C(=O)CN(C3CC3)c3ccncc32)nc2cc(Br)ccc21. The molecule has 1 aliphatic carbocycles. The Balaban J connectivity index is 1.50. The molecule has 3 heterocycles. The molecule has 5 rings (SSSR count). The van der Waals surface area contributed by atoms with Crippen LogP contribution in [-0.4, -0.2) is 53.5 Å². The minimum atomic E-state index is -3.05. The van der Waals surface area contributed by atoms with Gasteiger partial charge in [-0.05, 0) is 43.5 Å². The van der Waals surface area contributed by atoms with Crippen molar-refractivity contribution in [3.8, 4) is 0 Å². The number of imidazole rings is 1. The fourth-order valence-corrected chi connectivity index (χ4v) is 5.32. The lowest BCUT2D eigenvalue weighted by atomic mass is 10.2. The molecular weight excluding hydrogens is 494 g/mol. The van der Waals surface area contributed by atoms with E-state index in [2.05, 4.69) is 25.8 Å². The van der Waals surface area contributed by atoms with E-state index in [0.29, 0.717) is 32.1 Å². The van der Waals surface area contributed by atoms with E-state index in [1.165, 1.54) is 6.26 Å². The van der Waals surface area contributed by atoms with E-state index in [9.17, 15) is 13.2 Å². The third-order valence-electron chi connectivity index (χ3n) is 5.96. The Hall–Kier alpha value is -2.46. The summed E-state index contributed by atoms with van der Waals surface area (Å²) in [5.74, 6) is 0.858. The van der Waals surface area contributed by atoms with Crippen LogP contribution in [0.25, 0.3) is 11.0 Å². The van der Waals surface area contributed by atoms with Crippen molar-refractivity contribution in [1.82, 2.24) is 14.5 Å². The summed E-state index contributed by atoms with van der Waals surface area (Å²) in [5, 5.41) is 0. The van der Waals surface area contributed by atoms with Gasteiger partial charge in [-0.3, -0.25) is 14.7 Å². The summed E-state index contributed by atoms with van der Waals surface area (Å²) in [4.78, 5) is 26.2. The number of nitrogens with zero attached hydrogens (tertiary/aromatic N) is 5. The van der Waals surface area contributed by atoms with Crippen LogP contribution in [-0.2, 0) is 27.7 Å². The van der Waals surface area contributed by atoms with Crippen LogP contribution in [0.1, 0.15) is 25.1 Å². The zero-order valence-corrected chi connectivity index (χ0v) is 20.1. The molecule has 168 valence electrons. The van der Waals surface area contributed by atoms with Crippen molar-refractivity contribution in [2.24, 2.45) is 0 Å². The lowest BCUT2D eigenvalue weighted by molar-refractivity contribution is -0.117. The van der Waals surface area contributed by atoms with Crippen LogP contribution in [0.15, 0.2) is 41.1 Å². The molecule has 3 aromatic rings. The second-order valence-electron chi connectivity index (χ2n) is 8.50. The van der Waals surface area contributed by atoms with Crippen LogP contribution in [0.5, 0.6) is 0 Å². The number of pyridine rings is 1. The van der Waals surface area contributed by atoms with Gasteiger partial charge in [0, 0.05) is 29.5 Å². The van der Waals surface area contributed by atoms with Gasteiger partial charge in [0.2, 0.25) is 5.91 Å². The number of anilines is 2. The molecule has 2 aliphatic rings. The van der Waals surface area contributed by atoms with Gasteiger partial charge in [0.25, 0.3) is 0 Å². The predicted molar refractivity (Wildman–Crippen MR) is 128 cm³/mol. The van der Waals surface area contributed by atoms with Gasteiger partial charge in [-0.25, -0.2) is 13.4 Å². The fraction of sp³-hybridized carbons (Fsp3) is 0.409. The summed E-state index contributed by atoms with van der Waals surface area (Å²) in [6.07, 6.45) is 7.46. The molecule has 1 saturated carbocycles. The molecule has 0 radical (unpaired) electrons. The molecule has 1 amide bonds. The summed E-state index contributed by atoms with van der Waals surface area (Å²) in [6.45, 7) is 1.17. The second-order valence-corrected chi connectivity index (χ2v) is 11.7. The number of carbonyl (C=O) groups is 1. The summed E-state index contributed by atoms with van der Waals surface area (Å²) in [7, 11) is -3.05. The van der Waals surface area contributed by atoms with E-state index < -0.39 is 9.84 Å². The first-order chi connectivity index (χ1) is 15.3. The maximum Gasteiger partial charge on any atom is 0.247 e. The van der Waals surface area contributed by atoms with Crippen LogP contribution in [0.3, 0.4) is 0 Å². The van der Waals surface area contributed by atoms with E-state index >= 15 is 0 Å². The largest absolute Gasteiger partial charge is 0.357 e. The molecule has 0 unspecified atom stereocenters. The standard InChI is InChI=1S/C22H24BrN5O3S/c1-32(30,31)10-2-9-26-18-6-3-15(23)11-17(18)25-21(26)13-28-20-12-24-8-7-19(20)27(14-22(28)29)16-4-5-16/h3,6-8,11-12,16H,2,4-5,9-10,13-14H2,1H3. The summed E-state index contributed by atoms with van der Waals surface area (Å²) < 4.78 is 26.2. The minimum absolute atomic E-state index is 0.0216. The normalized spacial score (nSPS) is 16.6. The molecule has 2 aromatic heterocycles. The van der Waals surface area contributed by atoms with Crippen molar-refractivity contribution in [2.45, 2.75) is 38.4 Å². The lowest BCUT2D eigenvalue weighted by Gasteiger charge is -2.37. The number of aromatic nitrogens is 3. The predicted octanol–water partition coefficient (Wildman–Crippen LogP) is 3.14. The molecule has 8 nitrogen and oxygen atoms in total. The number of fused-ring (bicyclic) bond motifs is 2. The number of hydrogen-bond acceptors (Lipinski definition) is 6. The number of sulfone groups is 1. The van der Waals surface area contributed by atoms with Crippen LogP contribution in [0.4, 0.5) is 11.4 Å². The molecular formula is C22H24BrN5O3S. The molecule has 0 bridgehead atoms. The van der Waals surface area contributed by atoms with E-state index in [4.69, 9.17) is 4.98 Å². The molecule has 0 saturated heterocycles. The van der Waals surface area contributed by atoms with Gasteiger partial charge in [-0.1, -0.05) is 15.9 Å². The minimum Gasteiger partial charge on any atom is -0.357 e. The van der Waals surface area contributed by atoms with Crippen LogP contribution >= 0.6 is 15.9 Å². The van der Waals surface area contributed by atoms with Gasteiger partial charge in [0.15, 0.2) is 0 Å². The Morgan fingerprint density at radius 1 is 1.19 bits per heavy atom. The molecule has 0 N–H and O–H groups in total. The van der Waals surface area contributed by atoms with E-state index in [1.54, 1.807) is 17.3 Å². The van der Waals surface area contributed by atoms with Gasteiger partial charge in [0.05, 0.1) is 47.4 Å². The highest BCUT2D eigenvalue weighted by molar-refractivity contribution is 9.10. The Bertz CT molecular complexity index is 1300. The lowest BCUT2D eigenvalue weighted by Crippen LogP contribution is -2.46. The summed E-state index contributed by atoms with van der Waals surface area (Å²) in [6, 6.07) is 8.26. The highest BCUT2D eigenvalue weighted by Crippen LogP contribution is 2.40. The van der Waals surface area contributed by atoms with Crippen molar-refractivity contribution in [3.63, 3.8) is 0 Å². The number of halogens is 1. The van der Waals surface area contributed by atoms with Gasteiger partial charge in [-0.2, -0.15) is 0 Å². The zero-order chi connectivity index (χ0) is 22.5. The Morgan fingerprint density at radius 2 is 2.00 bits per heavy atom. The quantitative estimate of drug-likeness (QED) is 0.478. The topological polar surface area (TPSA) is 88.4 Å². The zero-order valence-electron chi connectivity index (χ0n) is 17.7. The van der Waals surface area contributed by atoms with Crippen LogP contribution < -0.4 is 9.80 Å². The van der Waals surface area contributed by atoms with Gasteiger partial charge in [-0.15, -0.1) is 0 Å². The molecule has 1 aromatic carbocycles. The first-order valence-corrected chi connectivity index (χ1v) is 13.5. The fourth-order valence-electron chi connectivity index (χ4n) is 4.31. The van der Waals surface area contributed by atoms with Crippen LogP contribution in [0.2, 0.25) is 0 Å². The number of aryl methyl sites for hydroxylation is 1. The Kier molecular flexibility index (Phi) is 5.45. The van der Waals surface area contributed by atoms with Crippen molar-refractivity contribution >= 4 is 54.1 Å². The van der Waals surface area contributed by atoms with Crippen molar-refractivity contribution in [1.29, 1.82) is 0 Å². The Morgan fingerprint density at radius 3 is 2.75 bits per heavy atom. The summed E-state index contributed by atoms with van der Waals surface area (Å²) in [5.41, 5.74) is 3.56. The van der Waals surface area contributed by atoms with Gasteiger partial charge in [0.1, 0.15) is 15.7 Å². The number of hydrogen-bond donors (Lipinski definition) is 0. The molecule has 10 heteroatoms. The molecule has 1 aliphatic heterocycles. The van der Waals surface area contributed by atoms with Crippen LogP contribution in [0, 0.1) is 0 Å². The van der Waals surface area contributed by atoms with Gasteiger partial charge < -0.3 is 9.47 Å². The highest BCUT2D eigenvalue weighted by Gasteiger charge is 2.38. The smallest absolute Gasteiger partial charge is 0.247 e. The maximum absolute atomic E-state index is 13.2. The van der Waals surface area contributed by atoms with E-state index in [0.717, 1.165) is 45.5 Å². The molecule has 1 fully saturated rings. The van der Waals surface area contributed by atoms with E-state index in [1.807, 2.05) is 28.8 Å². The molecule has 32 heavy (non-hydrogen) atoms. The number of carbonyl (C=O) groups excluding carboxylic acids is 1. The average Bonchev–Trinajstić information content (AvgIpc) is 3.52. The van der Waals surface area contributed by atoms with Crippen molar-refractivity contribution in [3.05, 3.63) is 47.0 Å². The third kappa shape index (κ3) is 4.25. The first kappa shape index (κ1) is 21.4. The maximum atomic E-state index is 13.2. The number of amides is 1. The number of benzene rings is 1. The first-order valence-electron chi connectivity index (χ1n) is 10.6. The monoisotopic (exact) mass is 517 g/mol. The summed E-state index contributed by atoms with van der Waals surface area (Å²) >= 11 is 3.49. The second kappa shape index (κ2) is 8.15. The third-order valence-corrected chi connectivity index (χ3v) is 7.48.